The number of nitrogens with zero attached hydrogens (tertiary/aromatic N) is 3. The molecule has 24 nitrogen and oxygen atoms in total. The number of carbonyl (C=O) groups is 10. The van der Waals surface area contributed by atoms with Crippen molar-refractivity contribution in [3.8, 4) is 0 Å². The van der Waals surface area contributed by atoms with Gasteiger partial charge < -0.3 is 69.3 Å². The largest absolute Gasteiger partial charge is 0.480 e. The standard InChI is InChI=1S/C38H65N13O11/c1-19(2)29(39)35(59)44-17-27(53)50-14-8-11-24(50)33(57)47-21(5)31(55)43-16-26(52)46-22(6)32(56)49-30(20(3)4)36(60)45-18-28(54)51-15-9-12-25(51)34(58)48-23(37(61)62)10-7-13-42-38(40)41/h19-25,29-30H,7-18,39H2,1-6H3,(H,43,55)(H,44,59)(H,45,60)(H,46,52)(H,47,57)(H,48,58)(H,49,56)(H,61,62)(H4,40,41,42)/t21-,22-,23-,24-,25-,29-,30-/m0/s1. The Labute approximate surface area is 360 Å². The smallest absolute Gasteiger partial charge is 0.326 e. The summed E-state index contributed by atoms with van der Waals surface area (Å²) >= 11 is 0. The molecule has 14 N–H and O–H groups in total. The van der Waals surface area contributed by atoms with E-state index in [0.717, 1.165) is 0 Å². The van der Waals surface area contributed by atoms with Gasteiger partial charge in [0, 0.05) is 19.6 Å². The van der Waals surface area contributed by atoms with E-state index in [1.54, 1.807) is 27.7 Å². The summed E-state index contributed by atoms with van der Waals surface area (Å²) in [6.45, 7) is 8.80. The summed E-state index contributed by atoms with van der Waals surface area (Å²) in [5.74, 6) is -7.76. The number of hydrogen-bond acceptors (Lipinski definition) is 12. The van der Waals surface area contributed by atoms with E-state index >= 15 is 0 Å². The van der Waals surface area contributed by atoms with Crippen molar-refractivity contribution < 1.29 is 53.1 Å². The van der Waals surface area contributed by atoms with Crippen LogP contribution in [0.15, 0.2) is 4.99 Å². The van der Waals surface area contributed by atoms with Crippen LogP contribution in [0.25, 0.3) is 0 Å². The number of nitrogens with two attached hydrogens (primary N) is 3. The fourth-order valence-electron chi connectivity index (χ4n) is 6.63. The number of carboxylic acids is 1. The monoisotopic (exact) mass is 879 g/mol. The lowest BCUT2D eigenvalue weighted by Crippen LogP contribution is -2.57. The summed E-state index contributed by atoms with van der Waals surface area (Å²) in [5.41, 5.74) is 16.4. The molecule has 2 heterocycles. The lowest BCUT2D eigenvalue weighted by molar-refractivity contribution is -0.144. The third-order valence-corrected chi connectivity index (χ3v) is 10.4. The summed E-state index contributed by atoms with van der Waals surface area (Å²) in [7, 11) is 0. The van der Waals surface area contributed by atoms with Crippen molar-refractivity contribution in [2.24, 2.45) is 34.0 Å². The van der Waals surface area contributed by atoms with Crippen molar-refractivity contribution in [2.75, 3.05) is 39.3 Å². The molecule has 7 atom stereocenters. The van der Waals surface area contributed by atoms with E-state index in [0.29, 0.717) is 19.3 Å². The Hall–Kier alpha value is -6.07. The van der Waals surface area contributed by atoms with Crippen LogP contribution < -0.4 is 54.4 Å². The third-order valence-electron chi connectivity index (χ3n) is 10.4. The Morgan fingerprint density at radius 3 is 1.65 bits per heavy atom. The lowest BCUT2D eigenvalue weighted by Gasteiger charge is -2.27. The molecule has 0 aromatic rings. The summed E-state index contributed by atoms with van der Waals surface area (Å²) < 4.78 is 0. The number of guanidine groups is 1. The third kappa shape index (κ3) is 16.4. The second-order valence-corrected chi connectivity index (χ2v) is 16.0. The van der Waals surface area contributed by atoms with Gasteiger partial charge in [-0.15, -0.1) is 0 Å². The van der Waals surface area contributed by atoms with Gasteiger partial charge in [0.1, 0.15) is 36.3 Å². The van der Waals surface area contributed by atoms with E-state index in [1.165, 1.54) is 23.6 Å². The molecule has 0 aromatic carbocycles. The van der Waals surface area contributed by atoms with E-state index in [1.807, 2.05) is 0 Å². The number of carbonyl (C=O) groups excluding carboxylic acids is 9. The van der Waals surface area contributed by atoms with Crippen LogP contribution in [0.1, 0.15) is 80.1 Å². The molecule has 9 amide bonds. The zero-order chi connectivity index (χ0) is 46.8. The molecule has 0 aromatic heterocycles. The number of aliphatic imine (C=N–C) groups is 1. The molecule has 0 saturated carbocycles. The molecular weight excluding hydrogens is 814 g/mol. The first-order valence-corrected chi connectivity index (χ1v) is 20.7. The Morgan fingerprint density at radius 1 is 0.645 bits per heavy atom. The number of hydrogen-bond donors (Lipinski definition) is 11. The van der Waals surface area contributed by atoms with Crippen molar-refractivity contribution >= 4 is 65.1 Å². The van der Waals surface area contributed by atoms with E-state index in [9.17, 15) is 53.1 Å². The number of nitrogens with one attached hydrogen (secondary N) is 7. The molecule has 2 fully saturated rings. The molecule has 0 aliphatic carbocycles. The van der Waals surface area contributed by atoms with Crippen LogP contribution in [0.5, 0.6) is 0 Å². The predicted molar refractivity (Wildman–Crippen MR) is 223 cm³/mol. The minimum Gasteiger partial charge on any atom is -0.480 e. The first-order chi connectivity index (χ1) is 29.0. The van der Waals surface area contributed by atoms with E-state index in [2.05, 4.69) is 42.2 Å². The lowest BCUT2D eigenvalue weighted by atomic mass is 10.0. The van der Waals surface area contributed by atoms with Crippen molar-refractivity contribution in [3.05, 3.63) is 0 Å². The fourth-order valence-corrected chi connectivity index (χ4v) is 6.63. The van der Waals surface area contributed by atoms with Gasteiger partial charge in [-0.05, 0) is 64.2 Å². The van der Waals surface area contributed by atoms with Crippen LogP contribution >= 0.6 is 0 Å². The van der Waals surface area contributed by atoms with Crippen LogP contribution in [0.4, 0.5) is 0 Å². The van der Waals surface area contributed by atoms with E-state index in [4.69, 9.17) is 17.2 Å². The normalized spacial score (nSPS) is 18.3. The number of amides is 9. The first kappa shape index (κ1) is 52.1. The highest BCUT2D eigenvalue weighted by molar-refractivity contribution is 5.97. The Morgan fingerprint density at radius 2 is 1.15 bits per heavy atom. The van der Waals surface area contributed by atoms with Crippen molar-refractivity contribution in [2.45, 2.75) is 122 Å². The van der Waals surface area contributed by atoms with Crippen LogP contribution in [0, 0.1) is 11.8 Å². The number of rotatable bonds is 23. The molecule has 2 rings (SSSR count). The van der Waals surface area contributed by atoms with Crippen molar-refractivity contribution in [1.82, 2.24) is 47.0 Å². The molecule has 0 radical (unpaired) electrons. The molecule has 0 bridgehead atoms. The van der Waals surface area contributed by atoms with Crippen molar-refractivity contribution in [3.63, 3.8) is 0 Å². The maximum atomic E-state index is 13.2. The molecule has 2 saturated heterocycles. The van der Waals surface area contributed by atoms with Crippen LogP contribution in [-0.4, -0.2) is 162 Å². The van der Waals surface area contributed by atoms with Crippen molar-refractivity contribution in [1.29, 1.82) is 0 Å². The molecule has 2 aliphatic heterocycles. The van der Waals surface area contributed by atoms with Crippen LogP contribution in [-0.2, 0) is 47.9 Å². The highest BCUT2D eigenvalue weighted by Crippen LogP contribution is 2.19. The average molecular weight is 880 g/mol. The van der Waals surface area contributed by atoms with E-state index < -0.39 is 120 Å². The SMILES string of the molecule is CC(C)[C@H](N)C(=O)NCC(=O)N1CCC[C@H]1C(=O)N[C@@H](C)C(=O)NCC(=O)N[C@@H](C)C(=O)N[C@H](C(=O)NCC(=O)N1CCC[C@H]1C(=O)N[C@@H](CCCN=C(N)N)C(=O)O)C(C)C. The zero-order valence-electron chi connectivity index (χ0n) is 36.3. The molecule has 24 heteroatoms. The second kappa shape index (κ2) is 25.0. The molecule has 0 spiro atoms. The van der Waals surface area contributed by atoms with Gasteiger partial charge in [0.15, 0.2) is 5.96 Å². The molecule has 0 unspecified atom stereocenters. The first-order valence-electron chi connectivity index (χ1n) is 20.7. The maximum Gasteiger partial charge on any atom is 0.326 e. The van der Waals surface area contributed by atoms with Gasteiger partial charge in [0.25, 0.3) is 0 Å². The topological polar surface area (TPSA) is 372 Å². The quantitative estimate of drug-likeness (QED) is 0.0260. The summed E-state index contributed by atoms with van der Waals surface area (Å²) in [6, 6.07) is -7.28. The minimum absolute atomic E-state index is 0.0449. The van der Waals surface area contributed by atoms with Gasteiger partial charge in [-0.2, -0.15) is 0 Å². The Bertz CT molecular complexity index is 1690. The highest BCUT2D eigenvalue weighted by atomic mass is 16.4. The second-order valence-electron chi connectivity index (χ2n) is 16.0. The van der Waals surface area contributed by atoms with E-state index in [-0.39, 0.29) is 57.3 Å². The predicted octanol–water partition coefficient (Wildman–Crippen LogP) is -4.93. The van der Waals surface area contributed by atoms with Gasteiger partial charge in [-0.3, -0.25) is 48.1 Å². The summed E-state index contributed by atoms with van der Waals surface area (Å²) in [6.07, 6.45) is 1.94. The van der Waals surface area contributed by atoms with Crippen LogP contribution in [0.3, 0.4) is 0 Å². The number of aliphatic carboxylic acids is 1. The minimum atomic E-state index is -1.26. The Balaban J connectivity index is 1.84. The van der Waals surface area contributed by atoms with Gasteiger partial charge >= 0.3 is 5.97 Å². The van der Waals surface area contributed by atoms with Crippen LogP contribution in [0.2, 0.25) is 0 Å². The molecule has 348 valence electrons. The number of likely N-dealkylation sites (tertiary alicyclic amines) is 2. The average Bonchev–Trinajstić information content (AvgIpc) is 3.91. The van der Waals surface area contributed by atoms with Gasteiger partial charge in [0.2, 0.25) is 53.2 Å². The summed E-state index contributed by atoms with van der Waals surface area (Å²) in [4.78, 5) is 134. The molecule has 62 heavy (non-hydrogen) atoms. The van der Waals surface area contributed by atoms with Gasteiger partial charge in [0.05, 0.1) is 25.7 Å². The van der Waals surface area contributed by atoms with Gasteiger partial charge in [-0.1, -0.05) is 27.7 Å². The molecular formula is C38H65N13O11. The maximum absolute atomic E-state index is 13.2. The summed E-state index contributed by atoms with van der Waals surface area (Å²) in [5, 5.41) is 26.9. The molecule has 2 aliphatic rings. The Kier molecular flexibility index (Phi) is 21.0. The highest BCUT2D eigenvalue weighted by Gasteiger charge is 2.37. The number of carboxylic acid groups (broad SMARTS) is 1. The zero-order valence-corrected chi connectivity index (χ0v) is 36.3. The fraction of sp³-hybridized carbons (Fsp3) is 0.711. The van der Waals surface area contributed by atoms with Gasteiger partial charge in [-0.25, -0.2) is 4.79 Å².